The highest BCUT2D eigenvalue weighted by Gasteiger charge is 2.13. The zero-order valence-electron chi connectivity index (χ0n) is 11.5. The van der Waals surface area contributed by atoms with Crippen molar-refractivity contribution in [2.75, 3.05) is 7.11 Å². The smallest absolute Gasteiger partial charge is 0.323 e. The van der Waals surface area contributed by atoms with E-state index in [0.29, 0.717) is 5.65 Å². The van der Waals surface area contributed by atoms with Crippen LogP contribution in [0.5, 0.6) is 5.75 Å². The molecule has 0 amide bonds. The molecular formula is C16H14N2O3. The Morgan fingerprint density at radius 3 is 2.71 bits per heavy atom. The molecule has 0 aliphatic carbocycles. The topological polar surface area (TPSA) is 64.4 Å². The number of aromatic nitrogens is 2. The van der Waals surface area contributed by atoms with Gasteiger partial charge in [0.15, 0.2) is 0 Å². The maximum atomic E-state index is 11.1. The van der Waals surface area contributed by atoms with Crippen molar-refractivity contribution < 1.29 is 14.6 Å². The van der Waals surface area contributed by atoms with Gasteiger partial charge >= 0.3 is 5.97 Å². The molecule has 0 saturated heterocycles. The minimum atomic E-state index is -0.895. The molecule has 106 valence electrons. The zero-order valence-corrected chi connectivity index (χ0v) is 11.5. The molecule has 3 aromatic rings. The van der Waals surface area contributed by atoms with Gasteiger partial charge in [-0.1, -0.05) is 0 Å². The number of aliphatic carboxylic acids is 1. The van der Waals surface area contributed by atoms with Gasteiger partial charge in [-0.2, -0.15) is 0 Å². The first-order valence-corrected chi connectivity index (χ1v) is 6.49. The van der Waals surface area contributed by atoms with Crippen LogP contribution in [-0.4, -0.2) is 27.7 Å². The summed E-state index contributed by atoms with van der Waals surface area (Å²) in [4.78, 5) is 15.4. The molecular weight excluding hydrogens is 268 g/mol. The largest absolute Gasteiger partial charge is 0.497 e. The molecule has 0 saturated carbocycles. The molecule has 2 aromatic heterocycles. The van der Waals surface area contributed by atoms with Crippen molar-refractivity contribution in [1.82, 2.24) is 9.55 Å². The second-order valence-electron chi connectivity index (χ2n) is 4.65. The van der Waals surface area contributed by atoms with E-state index in [9.17, 15) is 4.79 Å². The monoisotopic (exact) mass is 282 g/mol. The zero-order chi connectivity index (χ0) is 14.8. The van der Waals surface area contributed by atoms with Gasteiger partial charge in [0.05, 0.1) is 12.8 Å². The van der Waals surface area contributed by atoms with Crippen molar-refractivity contribution in [2.24, 2.45) is 0 Å². The summed E-state index contributed by atoms with van der Waals surface area (Å²) in [5.41, 5.74) is 2.43. The molecule has 0 spiro atoms. The standard InChI is InChI=1S/C16H14N2O3/c1-21-13-6-4-11(5-7-13)14-9-12-3-2-8-17-16(12)18(14)10-15(19)20/h2-9H,10H2,1H3,(H,19,20). The summed E-state index contributed by atoms with van der Waals surface area (Å²) in [6, 6.07) is 13.2. The van der Waals surface area contributed by atoms with Gasteiger partial charge in [-0.15, -0.1) is 0 Å². The Hall–Kier alpha value is -2.82. The lowest BCUT2D eigenvalue weighted by Crippen LogP contribution is -2.10. The van der Waals surface area contributed by atoms with Gasteiger partial charge in [-0.3, -0.25) is 4.79 Å². The lowest BCUT2D eigenvalue weighted by atomic mass is 10.1. The van der Waals surface area contributed by atoms with Crippen LogP contribution < -0.4 is 4.74 Å². The Kier molecular flexibility index (Phi) is 3.31. The highest BCUT2D eigenvalue weighted by molar-refractivity contribution is 5.85. The number of carboxylic acids is 1. The minimum absolute atomic E-state index is 0.123. The Labute approximate surface area is 121 Å². The average Bonchev–Trinajstić information content (AvgIpc) is 2.86. The summed E-state index contributed by atoms with van der Waals surface area (Å²) in [6.07, 6.45) is 1.67. The van der Waals surface area contributed by atoms with Crippen LogP contribution in [0.3, 0.4) is 0 Å². The van der Waals surface area contributed by atoms with Crippen LogP contribution in [0.25, 0.3) is 22.3 Å². The number of rotatable bonds is 4. The number of pyridine rings is 1. The number of fused-ring (bicyclic) bond motifs is 1. The first-order valence-electron chi connectivity index (χ1n) is 6.49. The van der Waals surface area contributed by atoms with E-state index in [4.69, 9.17) is 9.84 Å². The van der Waals surface area contributed by atoms with Crippen molar-refractivity contribution in [3.05, 3.63) is 48.7 Å². The van der Waals surface area contributed by atoms with Gasteiger partial charge in [-0.05, 0) is 48.0 Å². The molecule has 5 heteroatoms. The normalized spacial score (nSPS) is 10.7. The molecule has 0 aliphatic heterocycles. The van der Waals surface area contributed by atoms with Gasteiger partial charge < -0.3 is 14.4 Å². The van der Waals surface area contributed by atoms with Gasteiger partial charge in [0, 0.05) is 11.6 Å². The summed E-state index contributed by atoms with van der Waals surface area (Å²) in [5, 5.41) is 10.1. The minimum Gasteiger partial charge on any atom is -0.497 e. The molecule has 0 fully saturated rings. The third kappa shape index (κ3) is 2.45. The fourth-order valence-corrected chi connectivity index (χ4v) is 2.38. The molecule has 0 bridgehead atoms. The van der Waals surface area contributed by atoms with Crippen molar-refractivity contribution in [1.29, 1.82) is 0 Å². The molecule has 5 nitrogen and oxygen atoms in total. The molecule has 0 atom stereocenters. The lowest BCUT2D eigenvalue weighted by Gasteiger charge is -2.08. The highest BCUT2D eigenvalue weighted by Crippen LogP contribution is 2.28. The second-order valence-corrected chi connectivity index (χ2v) is 4.65. The van der Waals surface area contributed by atoms with Crippen LogP contribution in [-0.2, 0) is 11.3 Å². The number of hydrogen-bond acceptors (Lipinski definition) is 3. The van der Waals surface area contributed by atoms with Crippen LogP contribution >= 0.6 is 0 Å². The molecule has 1 aromatic carbocycles. The van der Waals surface area contributed by atoms with E-state index in [0.717, 1.165) is 22.4 Å². The maximum absolute atomic E-state index is 11.1. The summed E-state index contributed by atoms with van der Waals surface area (Å²) >= 11 is 0. The number of methoxy groups -OCH3 is 1. The van der Waals surface area contributed by atoms with Gasteiger partial charge in [0.1, 0.15) is 17.9 Å². The summed E-state index contributed by atoms with van der Waals surface area (Å²) in [6.45, 7) is -0.123. The molecule has 1 N–H and O–H groups in total. The van der Waals surface area contributed by atoms with E-state index in [1.807, 2.05) is 42.5 Å². The average molecular weight is 282 g/mol. The van der Waals surface area contributed by atoms with Crippen LogP contribution in [0.1, 0.15) is 0 Å². The van der Waals surface area contributed by atoms with E-state index in [1.54, 1.807) is 17.9 Å². The first kappa shape index (κ1) is 13.2. The van der Waals surface area contributed by atoms with Crippen molar-refractivity contribution in [2.45, 2.75) is 6.54 Å². The fourth-order valence-electron chi connectivity index (χ4n) is 2.38. The van der Waals surface area contributed by atoms with Crippen molar-refractivity contribution >= 4 is 17.0 Å². The Morgan fingerprint density at radius 2 is 2.05 bits per heavy atom. The summed E-state index contributed by atoms with van der Waals surface area (Å²) < 4.78 is 6.85. The second kappa shape index (κ2) is 5.28. The van der Waals surface area contributed by atoms with Crippen LogP contribution in [0, 0.1) is 0 Å². The number of nitrogens with zero attached hydrogens (tertiary/aromatic N) is 2. The van der Waals surface area contributed by atoms with Gasteiger partial charge in [0.2, 0.25) is 0 Å². The summed E-state index contributed by atoms with van der Waals surface area (Å²) in [7, 11) is 1.61. The predicted molar refractivity (Wildman–Crippen MR) is 79.4 cm³/mol. The number of hydrogen-bond donors (Lipinski definition) is 1. The SMILES string of the molecule is COc1ccc(-c2cc3cccnc3n2CC(=O)O)cc1. The lowest BCUT2D eigenvalue weighted by molar-refractivity contribution is -0.137. The molecule has 3 rings (SSSR count). The van der Waals surface area contributed by atoms with E-state index in [1.165, 1.54) is 0 Å². The third-order valence-electron chi connectivity index (χ3n) is 3.33. The Bertz CT molecular complexity index is 791. The summed E-state index contributed by atoms with van der Waals surface area (Å²) in [5.74, 6) is -0.134. The third-order valence-corrected chi connectivity index (χ3v) is 3.33. The van der Waals surface area contributed by atoms with Crippen molar-refractivity contribution in [3.63, 3.8) is 0 Å². The first-order chi connectivity index (χ1) is 10.2. The maximum Gasteiger partial charge on any atom is 0.323 e. The molecule has 21 heavy (non-hydrogen) atoms. The van der Waals surface area contributed by atoms with E-state index in [-0.39, 0.29) is 6.54 Å². The van der Waals surface area contributed by atoms with Crippen LogP contribution in [0.2, 0.25) is 0 Å². The molecule has 0 unspecified atom stereocenters. The van der Waals surface area contributed by atoms with Gasteiger partial charge in [0.25, 0.3) is 0 Å². The molecule has 0 aliphatic rings. The number of carbonyl (C=O) groups is 1. The number of benzene rings is 1. The van der Waals surface area contributed by atoms with Crippen LogP contribution in [0.15, 0.2) is 48.7 Å². The number of ether oxygens (including phenoxy) is 1. The quantitative estimate of drug-likeness (QED) is 0.799. The van der Waals surface area contributed by atoms with Crippen LogP contribution in [0.4, 0.5) is 0 Å². The van der Waals surface area contributed by atoms with E-state index in [2.05, 4.69) is 4.98 Å². The Morgan fingerprint density at radius 1 is 1.29 bits per heavy atom. The molecule has 0 radical (unpaired) electrons. The number of carboxylic acid groups (broad SMARTS) is 1. The fraction of sp³-hybridized carbons (Fsp3) is 0.125. The predicted octanol–water partition coefficient (Wildman–Crippen LogP) is 2.80. The van der Waals surface area contributed by atoms with Crippen molar-refractivity contribution in [3.8, 4) is 17.0 Å². The Balaban J connectivity index is 2.17. The highest BCUT2D eigenvalue weighted by atomic mass is 16.5. The van der Waals surface area contributed by atoms with E-state index >= 15 is 0 Å². The van der Waals surface area contributed by atoms with E-state index < -0.39 is 5.97 Å². The van der Waals surface area contributed by atoms with Gasteiger partial charge in [-0.25, -0.2) is 4.98 Å². The molecule has 2 heterocycles.